The molecular formula is C11H11BrOS. The van der Waals surface area contributed by atoms with Gasteiger partial charge in [0.15, 0.2) is 5.78 Å². The molecule has 0 saturated heterocycles. The Morgan fingerprint density at radius 2 is 2.07 bits per heavy atom. The van der Waals surface area contributed by atoms with E-state index in [1.165, 1.54) is 0 Å². The van der Waals surface area contributed by atoms with E-state index in [1.54, 1.807) is 11.8 Å². The van der Waals surface area contributed by atoms with Gasteiger partial charge in [-0.15, -0.1) is 11.8 Å². The molecule has 0 fully saturated rings. The Labute approximate surface area is 96.4 Å². The third-order valence-corrected chi connectivity index (χ3v) is 5.03. The van der Waals surface area contributed by atoms with Gasteiger partial charge in [-0.05, 0) is 22.0 Å². The summed E-state index contributed by atoms with van der Waals surface area (Å²) in [6, 6.07) is 5.82. The second-order valence-electron chi connectivity index (χ2n) is 3.59. The van der Waals surface area contributed by atoms with Crippen LogP contribution in [0.25, 0.3) is 0 Å². The van der Waals surface area contributed by atoms with Crippen LogP contribution in [0.1, 0.15) is 24.2 Å². The van der Waals surface area contributed by atoms with Crippen LogP contribution in [-0.4, -0.2) is 11.0 Å². The second-order valence-corrected chi connectivity index (χ2v) is 5.83. The molecule has 0 amide bonds. The summed E-state index contributed by atoms with van der Waals surface area (Å²) >= 11 is 5.27. The number of carbonyl (C=O) groups is 1. The van der Waals surface area contributed by atoms with Crippen LogP contribution in [0, 0.1) is 5.92 Å². The van der Waals surface area contributed by atoms with Crippen LogP contribution in [-0.2, 0) is 0 Å². The minimum Gasteiger partial charge on any atom is -0.294 e. The summed E-state index contributed by atoms with van der Waals surface area (Å²) in [5, 5.41) is 0.369. The van der Waals surface area contributed by atoms with Gasteiger partial charge in [0, 0.05) is 26.1 Å². The van der Waals surface area contributed by atoms with Crippen molar-refractivity contribution in [3.63, 3.8) is 0 Å². The van der Waals surface area contributed by atoms with Crippen molar-refractivity contribution < 1.29 is 4.79 Å². The molecule has 0 bridgehead atoms. The number of Topliss-reactive ketones (excluding diaryl/α,β-unsaturated/α-hetero) is 1. The van der Waals surface area contributed by atoms with Gasteiger partial charge in [-0.3, -0.25) is 4.79 Å². The minimum absolute atomic E-state index is 0.127. The Morgan fingerprint density at radius 3 is 2.79 bits per heavy atom. The molecule has 0 radical (unpaired) electrons. The fourth-order valence-corrected chi connectivity index (χ4v) is 3.39. The van der Waals surface area contributed by atoms with Crippen molar-refractivity contribution in [2.75, 3.05) is 0 Å². The Hall–Kier alpha value is -0.280. The zero-order valence-electron chi connectivity index (χ0n) is 8.08. The topological polar surface area (TPSA) is 17.1 Å². The molecule has 1 aliphatic heterocycles. The smallest absolute Gasteiger partial charge is 0.167 e. The van der Waals surface area contributed by atoms with Crippen LogP contribution in [0.15, 0.2) is 27.6 Å². The zero-order valence-corrected chi connectivity index (χ0v) is 10.5. The van der Waals surface area contributed by atoms with Gasteiger partial charge in [0.1, 0.15) is 0 Å². The predicted molar refractivity (Wildman–Crippen MR) is 63.0 cm³/mol. The molecule has 1 aromatic rings. The van der Waals surface area contributed by atoms with Gasteiger partial charge in [-0.25, -0.2) is 0 Å². The SMILES string of the molecule is CC1Sc2c(Br)cccc2C(=O)C1C. The van der Waals surface area contributed by atoms with E-state index >= 15 is 0 Å². The van der Waals surface area contributed by atoms with Crippen molar-refractivity contribution in [3.05, 3.63) is 28.2 Å². The van der Waals surface area contributed by atoms with Crippen molar-refractivity contribution in [2.24, 2.45) is 5.92 Å². The van der Waals surface area contributed by atoms with E-state index < -0.39 is 0 Å². The minimum atomic E-state index is 0.127. The predicted octanol–water partition coefficient (Wildman–Crippen LogP) is 3.76. The Bertz CT molecular complexity index is 389. The number of fused-ring (bicyclic) bond motifs is 1. The average molecular weight is 271 g/mol. The number of thioether (sulfide) groups is 1. The highest BCUT2D eigenvalue weighted by atomic mass is 79.9. The normalized spacial score (nSPS) is 26.1. The zero-order chi connectivity index (χ0) is 10.3. The maximum Gasteiger partial charge on any atom is 0.167 e. The molecule has 1 nitrogen and oxygen atoms in total. The van der Waals surface area contributed by atoms with Crippen LogP contribution in [0.5, 0.6) is 0 Å². The van der Waals surface area contributed by atoms with Gasteiger partial charge >= 0.3 is 0 Å². The Kier molecular flexibility index (Phi) is 2.71. The van der Waals surface area contributed by atoms with Crippen molar-refractivity contribution in [3.8, 4) is 0 Å². The summed E-state index contributed by atoms with van der Waals surface area (Å²) in [6.45, 7) is 4.11. The van der Waals surface area contributed by atoms with E-state index in [9.17, 15) is 4.79 Å². The Balaban J connectivity index is 2.56. The summed E-state index contributed by atoms with van der Waals surface area (Å²) < 4.78 is 1.03. The van der Waals surface area contributed by atoms with Crippen molar-refractivity contribution in [2.45, 2.75) is 24.0 Å². The van der Waals surface area contributed by atoms with Gasteiger partial charge < -0.3 is 0 Å². The Morgan fingerprint density at radius 1 is 1.36 bits per heavy atom. The third kappa shape index (κ3) is 1.52. The highest BCUT2D eigenvalue weighted by Gasteiger charge is 2.31. The molecule has 3 heteroatoms. The molecule has 0 saturated carbocycles. The van der Waals surface area contributed by atoms with Gasteiger partial charge in [0.25, 0.3) is 0 Å². The molecule has 0 N–H and O–H groups in total. The van der Waals surface area contributed by atoms with E-state index in [1.807, 2.05) is 25.1 Å². The maximum atomic E-state index is 11.9. The fourth-order valence-electron chi connectivity index (χ4n) is 1.57. The fraction of sp³-hybridized carbons (Fsp3) is 0.364. The molecule has 1 aromatic carbocycles. The lowest BCUT2D eigenvalue weighted by Crippen LogP contribution is -2.25. The highest BCUT2D eigenvalue weighted by molar-refractivity contribution is 9.10. The van der Waals surface area contributed by atoms with Gasteiger partial charge in [0.05, 0.1) is 0 Å². The molecule has 0 aromatic heterocycles. The van der Waals surface area contributed by atoms with E-state index in [2.05, 4.69) is 22.9 Å². The molecular weight excluding hydrogens is 260 g/mol. The molecule has 1 heterocycles. The average Bonchev–Trinajstić information content (AvgIpc) is 2.17. The van der Waals surface area contributed by atoms with Crippen molar-refractivity contribution in [1.29, 1.82) is 0 Å². The standard InChI is InChI=1S/C11H11BrOS/c1-6-7(2)14-11-8(10(6)13)4-3-5-9(11)12/h3-7H,1-2H3. The third-order valence-electron chi connectivity index (χ3n) is 2.65. The molecule has 2 rings (SSSR count). The first kappa shape index (κ1) is 10.2. The van der Waals surface area contributed by atoms with E-state index in [0.717, 1.165) is 14.9 Å². The molecule has 1 aliphatic rings. The number of halogens is 1. The lowest BCUT2D eigenvalue weighted by Gasteiger charge is -2.26. The highest BCUT2D eigenvalue weighted by Crippen LogP contribution is 2.41. The van der Waals surface area contributed by atoms with E-state index in [4.69, 9.17) is 0 Å². The van der Waals surface area contributed by atoms with Crippen LogP contribution in [0.2, 0.25) is 0 Å². The van der Waals surface area contributed by atoms with Crippen LogP contribution in [0.4, 0.5) is 0 Å². The first-order valence-electron chi connectivity index (χ1n) is 4.60. The van der Waals surface area contributed by atoms with Crippen molar-refractivity contribution in [1.82, 2.24) is 0 Å². The first-order chi connectivity index (χ1) is 6.61. The molecule has 14 heavy (non-hydrogen) atoms. The summed E-state index contributed by atoms with van der Waals surface area (Å²) in [5.41, 5.74) is 0.870. The number of ketones is 1. The summed E-state index contributed by atoms with van der Waals surface area (Å²) in [7, 11) is 0. The van der Waals surface area contributed by atoms with Gasteiger partial charge in [-0.2, -0.15) is 0 Å². The molecule has 2 atom stereocenters. The number of hydrogen-bond acceptors (Lipinski definition) is 2. The van der Waals surface area contributed by atoms with Crippen LogP contribution < -0.4 is 0 Å². The van der Waals surface area contributed by atoms with Crippen molar-refractivity contribution >= 4 is 33.5 Å². The lowest BCUT2D eigenvalue weighted by molar-refractivity contribution is 0.0924. The largest absolute Gasteiger partial charge is 0.294 e. The van der Waals surface area contributed by atoms with Gasteiger partial charge in [0.2, 0.25) is 0 Å². The number of rotatable bonds is 0. The quantitative estimate of drug-likeness (QED) is 0.714. The van der Waals surface area contributed by atoms with Gasteiger partial charge in [-0.1, -0.05) is 26.0 Å². The summed E-state index contributed by atoms with van der Waals surface area (Å²) in [5.74, 6) is 0.398. The van der Waals surface area contributed by atoms with Crippen LogP contribution >= 0.6 is 27.7 Å². The lowest BCUT2D eigenvalue weighted by atomic mass is 9.96. The molecule has 0 aliphatic carbocycles. The summed E-state index contributed by atoms with van der Waals surface area (Å²) in [4.78, 5) is 13.0. The monoisotopic (exact) mass is 270 g/mol. The second kappa shape index (κ2) is 3.70. The van der Waals surface area contributed by atoms with E-state index in [0.29, 0.717) is 5.25 Å². The number of hydrogen-bond donors (Lipinski definition) is 0. The first-order valence-corrected chi connectivity index (χ1v) is 6.28. The number of benzene rings is 1. The molecule has 0 spiro atoms. The maximum absolute atomic E-state index is 11.9. The van der Waals surface area contributed by atoms with E-state index in [-0.39, 0.29) is 11.7 Å². The number of carbonyl (C=O) groups excluding carboxylic acids is 1. The summed E-state index contributed by atoms with van der Waals surface area (Å²) in [6.07, 6.45) is 0. The molecule has 74 valence electrons. The molecule has 2 unspecified atom stereocenters. The van der Waals surface area contributed by atoms with Crippen LogP contribution in [0.3, 0.4) is 0 Å².